The number of carbonyl (C=O) groups excluding carboxylic acids is 1. The number of carbonyl (C=O) groups is 1. The van der Waals surface area contributed by atoms with Crippen molar-refractivity contribution in [2.75, 3.05) is 5.32 Å². The number of rotatable bonds is 3. The Morgan fingerprint density at radius 1 is 1.36 bits per heavy atom. The fraction of sp³-hybridized carbons (Fsp3) is 0.438. The van der Waals surface area contributed by atoms with Gasteiger partial charge in [-0.1, -0.05) is 19.3 Å². The van der Waals surface area contributed by atoms with Crippen LogP contribution < -0.4 is 10.9 Å². The maximum absolute atomic E-state index is 12.2. The van der Waals surface area contributed by atoms with Gasteiger partial charge in [-0.3, -0.25) is 14.3 Å². The van der Waals surface area contributed by atoms with E-state index in [4.69, 9.17) is 0 Å². The second-order valence-corrected chi connectivity index (χ2v) is 5.78. The van der Waals surface area contributed by atoms with E-state index in [1.54, 1.807) is 17.8 Å². The summed E-state index contributed by atoms with van der Waals surface area (Å²) in [6.45, 7) is 0. The molecule has 22 heavy (non-hydrogen) atoms. The number of hydrogen-bond donors (Lipinski definition) is 2. The molecule has 1 fully saturated rings. The van der Waals surface area contributed by atoms with E-state index in [9.17, 15) is 9.59 Å². The van der Waals surface area contributed by atoms with Crippen LogP contribution >= 0.6 is 0 Å². The van der Waals surface area contributed by atoms with Gasteiger partial charge in [0.15, 0.2) is 0 Å². The van der Waals surface area contributed by atoms with E-state index in [0.29, 0.717) is 11.7 Å². The van der Waals surface area contributed by atoms with Crippen molar-refractivity contribution in [2.45, 2.75) is 38.0 Å². The van der Waals surface area contributed by atoms with Crippen LogP contribution in [0.1, 0.15) is 54.1 Å². The van der Waals surface area contributed by atoms with Gasteiger partial charge in [0.1, 0.15) is 11.4 Å². The molecule has 0 spiro atoms. The molecule has 2 N–H and O–H groups in total. The van der Waals surface area contributed by atoms with Crippen molar-refractivity contribution in [3.63, 3.8) is 0 Å². The fourth-order valence-electron chi connectivity index (χ4n) is 2.99. The number of aromatic amines is 1. The van der Waals surface area contributed by atoms with E-state index in [0.717, 1.165) is 18.5 Å². The Bertz CT molecular complexity index is 726. The smallest absolute Gasteiger partial charge is 0.262 e. The van der Waals surface area contributed by atoms with Crippen LogP contribution in [0.4, 0.5) is 5.82 Å². The maximum Gasteiger partial charge on any atom is 0.262 e. The summed E-state index contributed by atoms with van der Waals surface area (Å²) in [5.41, 5.74) is 0.733. The first kappa shape index (κ1) is 14.6. The van der Waals surface area contributed by atoms with Crippen LogP contribution in [0.5, 0.6) is 0 Å². The highest BCUT2D eigenvalue weighted by Crippen LogP contribution is 2.32. The molecule has 0 aromatic carbocycles. The highest BCUT2D eigenvalue weighted by molar-refractivity contribution is 6.03. The first-order valence-corrected chi connectivity index (χ1v) is 7.68. The molecule has 0 bridgehead atoms. The van der Waals surface area contributed by atoms with Crippen molar-refractivity contribution in [1.29, 1.82) is 0 Å². The largest absolute Gasteiger partial charge is 0.328 e. The Kier molecular flexibility index (Phi) is 4.09. The van der Waals surface area contributed by atoms with Crippen LogP contribution in [0, 0.1) is 0 Å². The third-order valence-corrected chi connectivity index (χ3v) is 4.23. The molecule has 0 atom stereocenters. The molecule has 1 amide bonds. The number of hydrogen-bond acceptors (Lipinski definition) is 3. The van der Waals surface area contributed by atoms with Crippen LogP contribution in [-0.2, 0) is 7.05 Å². The number of H-pyrrole nitrogens is 1. The summed E-state index contributed by atoms with van der Waals surface area (Å²) in [4.78, 5) is 26.3. The molecule has 3 rings (SSSR count). The van der Waals surface area contributed by atoms with Gasteiger partial charge in [-0.15, -0.1) is 0 Å². The number of aryl methyl sites for hydroxylation is 1. The van der Waals surface area contributed by atoms with Crippen LogP contribution in [0.3, 0.4) is 0 Å². The van der Waals surface area contributed by atoms with Crippen molar-refractivity contribution in [2.24, 2.45) is 7.05 Å². The highest BCUT2D eigenvalue weighted by Gasteiger charge is 2.20. The second-order valence-electron chi connectivity index (χ2n) is 5.78. The van der Waals surface area contributed by atoms with Gasteiger partial charge in [0, 0.05) is 25.2 Å². The average molecular weight is 300 g/mol. The van der Waals surface area contributed by atoms with Crippen molar-refractivity contribution in [3.8, 4) is 0 Å². The third kappa shape index (κ3) is 2.95. The van der Waals surface area contributed by atoms with Gasteiger partial charge in [0.05, 0.1) is 5.69 Å². The summed E-state index contributed by atoms with van der Waals surface area (Å²) in [6.07, 6.45) is 7.59. The van der Waals surface area contributed by atoms with Crippen molar-refractivity contribution in [1.82, 2.24) is 14.8 Å². The van der Waals surface area contributed by atoms with E-state index < -0.39 is 11.5 Å². The summed E-state index contributed by atoms with van der Waals surface area (Å²) in [5.74, 6) is 0.680. The molecule has 2 heterocycles. The Balaban J connectivity index is 1.78. The average Bonchev–Trinajstić information content (AvgIpc) is 2.89. The monoisotopic (exact) mass is 300 g/mol. The molecule has 0 saturated heterocycles. The molecule has 6 nitrogen and oxygen atoms in total. The van der Waals surface area contributed by atoms with Crippen molar-refractivity contribution in [3.05, 3.63) is 46.0 Å². The second kappa shape index (κ2) is 6.17. The SMILES string of the molecule is Cn1nc(C2CCCCC2)cc1NC(=O)c1ccc[nH]c1=O. The lowest BCUT2D eigenvalue weighted by Crippen LogP contribution is -2.23. The van der Waals surface area contributed by atoms with Gasteiger partial charge in [0.25, 0.3) is 11.5 Å². The van der Waals surface area contributed by atoms with Crippen LogP contribution in [0.25, 0.3) is 0 Å². The summed E-state index contributed by atoms with van der Waals surface area (Å²) in [5, 5.41) is 7.29. The Labute approximate surface area is 128 Å². The van der Waals surface area contributed by atoms with Gasteiger partial charge >= 0.3 is 0 Å². The molecule has 1 aliphatic carbocycles. The summed E-state index contributed by atoms with van der Waals surface area (Å²) >= 11 is 0. The predicted molar refractivity (Wildman–Crippen MR) is 84.0 cm³/mol. The van der Waals surface area contributed by atoms with Crippen LogP contribution in [-0.4, -0.2) is 20.7 Å². The van der Waals surface area contributed by atoms with Crippen molar-refractivity contribution >= 4 is 11.7 Å². The fourth-order valence-corrected chi connectivity index (χ4v) is 2.99. The number of anilines is 1. The van der Waals surface area contributed by atoms with Gasteiger partial charge in [0.2, 0.25) is 0 Å². The van der Waals surface area contributed by atoms with Gasteiger partial charge in [-0.2, -0.15) is 5.10 Å². The summed E-state index contributed by atoms with van der Waals surface area (Å²) < 4.78 is 1.67. The Hall–Kier alpha value is -2.37. The molecule has 1 aliphatic rings. The number of nitrogens with one attached hydrogen (secondary N) is 2. The molecule has 0 radical (unpaired) electrons. The van der Waals surface area contributed by atoms with E-state index in [1.165, 1.54) is 31.5 Å². The molecular weight excluding hydrogens is 280 g/mol. The molecule has 0 aliphatic heterocycles. The molecule has 2 aromatic rings. The maximum atomic E-state index is 12.2. The standard InChI is InChI=1S/C16H20N4O2/c1-20-14(10-13(19-20)11-6-3-2-4-7-11)18-16(22)12-8-5-9-17-15(12)21/h5,8-11H,2-4,6-7H2,1H3,(H,17,21)(H,18,22). The first-order valence-electron chi connectivity index (χ1n) is 7.68. The van der Waals surface area contributed by atoms with E-state index in [2.05, 4.69) is 15.4 Å². The van der Waals surface area contributed by atoms with Crippen molar-refractivity contribution < 1.29 is 4.79 Å². The number of nitrogens with zero attached hydrogens (tertiary/aromatic N) is 2. The molecule has 2 aromatic heterocycles. The molecule has 116 valence electrons. The minimum Gasteiger partial charge on any atom is -0.328 e. The third-order valence-electron chi connectivity index (χ3n) is 4.23. The molecule has 1 saturated carbocycles. The zero-order valence-corrected chi connectivity index (χ0v) is 12.6. The predicted octanol–water partition coefficient (Wildman–Crippen LogP) is 2.41. The molecule has 0 unspecified atom stereocenters. The lowest BCUT2D eigenvalue weighted by Gasteiger charge is -2.19. The zero-order valence-electron chi connectivity index (χ0n) is 12.6. The highest BCUT2D eigenvalue weighted by atomic mass is 16.2. The minimum atomic E-state index is -0.417. The summed E-state index contributed by atoms with van der Waals surface area (Å²) in [6, 6.07) is 5.06. The normalized spacial score (nSPS) is 15.7. The van der Waals surface area contributed by atoms with E-state index in [1.807, 2.05) is 6.07 Å². The lowest BCUT2D eigenvalue weighted by atomic mass is 9.87. The number of pyridine rings is 1. The first-order chi connectivity index (χ1) is 10.6. The summed E-state index contributed by atoms with van der Waals surface area (Å²) in [7, 11) is 1.80. The zero-order chi connectivity index (χ0) is 15.5. The lowest BCUT2D eigenvalue weighted by molar-refractivity contribution is 0.102. The van der Waals surface area contributed by atoms with Gasteiger partial charge in [-0.05, 0) is 25.0 Å². The number of aromatic nitrogens is 3. The molecule has 6 heteroatoms. The van der Waals surface area contributed by atoms with E-state index in [-0.39, 0.29) is 5.56 Å². The van der Waals surface area contributed by atoms with Crippen LogP contribution in [0.2, 0.25) is 0 Å². The van der Waals surface area contributed by atoms with Gasteiger partial charge < -0.3 is 10.3 Å². The Morgan fingerprint density at radius 2 is 2.14 bits per heavy atom. The topological polar surface area (TPSA) is 79.8 Å². The van der Waals surface area contributed by atoms with Crippen LogP contribution in [0.15, 0.2) is 29.2 Å². The molecular formula is C16H20N4O2. The van der Waals surface area contributed by atoms with Gasteiger partial charge in [-0.25, -0.2) is 0 Å². The minimum absolute atomic E-state index is 0.0999. The Morgan fingerprint density at radius 3 is 2.86 bits per heavy atom. The quantitative estimate of drug-likeness (QED) is 0.913. The van der Waals surface area contributed by atoms with E-state index >= 15 is 0 Å². The number of amides is 1.